The molecule has 0 spiro atoms. The Morgan fingerprint density at radius 3 is 2.28 bits per heavy atom. The summed E-state index contributed by atoms with van der Waals surface area (Å²) >= 11 is 0. The number of methoxy groups -OCH3 is 1. The molecule has 0 fully saturated rings. The summed E-state index contributed by atoms with van der Waals surface area (Å²) in [6.45, 7) is 0. The van der Waals surface area contributed by atoms with Crippen LogP contribution in [0.15, 0.2) is 48.5 Å². The van der Waals surface area contributed by atoms with Gasteiger partial charge in [-0.3, -0.25) is 4.79 Å². The van der Waals surface area contributed by atoms with Crippen molar-refractivity contribution in [3.8, 4) is 17.2 Å². The maximum atomic E-state index is 10.3. The third kappa shape index (κ3) is 2.79. The van der Waals surface area contributed by atoms with Crippen molar-refractivity contribution in [3.63, 3.8) is 0 Å². The van der Waals surface area contributed by atoms with Gasteiger partial charge in [-0.25, -0.2) is 0 Å². The van der Waals surface area contributed by atoms with E-state index in [0.717, 1.165) is 5.69 Å². The fraction of sp³-hybridized carbons (Fsp3) is 0.0714. The van der Waals surface area contributed by atoms with Crippen LogP contribution in [0.25, 0.3) is 0 Å². The highest BCUT2D eigenvalue weighted by Crippen LogP contribution is 2.31. The number of hydrogen-bond acceptors (Lipinski definition) is 3. The van der Waals surface area contributed by atoms with Gasteiger partial charge in [-0.1, -0.05) is 12.1 Å². The highest BCUT2D eigenvalue weighted by Gasteiger charge is 2.03. The molecule has 0 saturated heterocycles. The number of carbonyl (C=O) groups is 1. The third-order valence-electron chi connectivity index (χ3n) is 2.38. The lowest BCUT2D eigenvalue weighted by Gasteiger charge is -2.10. The van der Waals surface area contributed by atoms with E-state index in [1.165, 1.54) is 0 Å². The molecule has 2 rings (SSSR count). The van der Waals surface area contributed by atoms with Gasteiger partial charge in [-0.15, -0.1) is 0 Å². The Hall–Kier alpha value is -2.49. The Morgan fingerprint density at radius 1 is 1.00 bits per heavy atom. The van der Waals surface area contributed by atoms with Crippen LogP contribution in [0.2, 0.25) is 0 Å². The molecule has 0 aromatic heterocycles. The molecule has 0 radical (unpaired) electrons. The zero-order valence-electron chi connectivity index (χ0n) is 9.92. The van der Waals surface area contributed by atoms with Gasteiger partial charge in [-0.2, -0.15) is 0 Å². The Bertz CT molecular complexity index is 523. The van der Waals surface area contributed by atoms with Crippen LogP contribution in [-0.2, 0) is 4.79 Å². The summed E-state index contributed by atoms with van der Waals surface area (Å²) in [6.07, 6.45) is 0.635. The fourth-order valence-corrected chi connectivity index (χ4v) is 1.52. The van der Waals surface area contributed by atoms with Crippen LogP contribution in [0.5, 0.6) is 17.2 Å². The van der Waals surface area contributed by atoms with Crippen molar-refractivity contribution in [1.82, 2.24) is 0 Å². The maximum absolute atomic E-state index is 10.3. The molecule has 4 heteroatoms. The maximum Gasteiger partial charge on any atom is 0.211 e. The van der Waals surface area contributed by atoms with Gasteiger partial charge in [0.15, 0.2) is 11.5 Å². The van der Waals surface area contributed by atoms with E-state index in [-0.39, 0.29) is 0 Å². The van der Waals surface area contributed by atoms with Gasteiger partial charge in [0, 0.05) is 5.69 Å². The SMILES string of the molecule is COc1ccccc1Oc1ccc(NC=O)cc1. The number of nitrogens with one attached hydrogen (secondary N) is 1. The highest BCUT2D eigenvalue weighted by atomic mass is 16.5. The summed E-state index contributed by atoms with van der Waals surface area (Å²) < 4.78 is 10.9. The van der Waals surface area contributed by atoms with Crippen molar-refractivity contribution in [2.45, 2.75) is 0 Å². The fourth-order valence-electron chi connectivity index (χ4n) is 1.52. The van der Waals surface area contributed by atoms with Crippen molar-refractivity contribution in [2.24, 2.45) is 0 Å². The average Bonchev–Trinajstić information content (AvgIpc) is 2.42. The third-order valence-corrected chi connectivity index (χ3v) is 2.38. The van der Waals surface area contributed by atoms with E-state index in [1.54, 1.807) is 31.4 Å². The molecule has 0 aliphatic heterocycles. The summed E-state index contributed by atoms with van der Waals surface area (Å²) in [6, 6.07) is 14.5. The summed E-state index contributed by atoms with van der Waals surface area (Å²) in [4.78, 5) is 10.3. The molecule has 2 aromatic rings. The first kappa shape index (κ1) is 12.0. The molecule has 0 aliphatic carbocycles. The largest absolute Gasteiger partial charge is 0.493 e. The first-order chi connectivity index (χ1) is 8.83. The van der Waals surface area contributed by atoms with Gasteiger partial charge in [0.05, 0.1) is 7.11 Å². The van der Waals surface area contributed by atoms with Crippen molar-refractivity contribution < 1.29 is 14.3 Å². The van der Waals surface area contributed by atoms with Crippen molar-refractivity contribution in [2.75, 3.05) is 12.4 Å². The van der Waals surface area contributed by atoms with Crippen LogP contribution in [-0.4, -0.2) is 13.5 Å². The van der Waals surface area contributed by atoms with Gasteiger partial charge < -0.3 is 14.8 Å². The van der Waals surface area contributed by atoms with E-state index in [2.05, 4.69) is 5.32 Å². The zero-order chi connectivity index (χ0) is 12.8. The molecule has 0 atom stereocenters. The normalized spacial score (nSPS) is 9.61. The standard InChI is InChI=1S/C14H13NO3/c1-17-13-4-2-3-5-14(13)18-12-8-6-11(7-9-12)15-10-16/h2-10H,1H3,(H,15,16). The quantitative estimate of drug-likeness (QED) is 0.821. The number of rotatable bonds is 5. The minimum Gasteiger partial charge on any atom is -0.493 e. The predicted octanol–water partition coefficient (Wildman–Crippen LogP) is 3.06. The number of ether oxygens (including phenoxy) is 2. The first-order valence-electron chi connectivity index (χ1n) is 5.44. The molecule has 0 bridgehead atoms. The molecule has 4 nitrogen and oxygen atoms in total. The molecule has 18 heavy (non-hydrogen) atoms. The van der Waals surface area contributed by atoms with Crippen molar-refractivity contribution in [1.29, 1.82) is 0 Å². The molecule has 1 N–H and O–H groups in total. The number of carbonyl (C=O) groups excluding carboxylic acids is 1. The number of anilines is 1. The smallest absolute Gasteiger partial charge is 0.211 e. The zero-order valence-corrected chi connectivity index (χ0v) is 9.92. The molecular formula is C14H13NO3. The van der Waals surface area contributed by atoms with Crippen molar-refractivity contribution in [3.05, 3.63) is 48.5 Å². The van der Waals surface area contributed by atoms with Crippen LogP contribution in [0.4, 0.5) is 5.69 Å². The number of amides is 1. The lowest BCUT2D eigenvalue weighted by atomic mass is 10.3. The minimum atomic E-state index is 0.635. The first-order valence-corrected chi connectivity index (χ1v) is 5.44. The van der Waals surface area contributed by atoms with Gasteiger partial charge >= 0.3 is 0 Å². The lowest BCUT2D eigenvalue weighted by Crippen LogP contribution is -1.93. The number of benzene rings is 2. The molecule has 2 aromatic carbocycles. The van der Waals surface area contributed by atoms with Crippen LogP contribution in [0.1, 0.15) is 0 Å². The highest BCUT2D eigenvalue weighted by molar-refractivity contribution is 5.71. The predicted molar refractivity (Wildman–Crippen MR) is 69.2 cm³/mol. The van der Waals surface area contributed by atoms with Crippen molar-refractivity contribution >= 4 is 12.1 Å². The molecule has 0 saturated carbocycles. The van der Waals surface area contributed by atoms with Crippen LogP contribution in [0.3, 0.4) is 0 Å². The second kappa shape index (κ2) is 5.72. The molecule has 0 unspecified atom stereocenters. The molecular weight excluding hydrogens is 230 g/mol. The Kier molecular flexibility index (Phi) is 3.81. The van der Waals surface area contributed by atoms with E-state index in [1.807, 2.05) is 24.3 Å². The monoisotopic (exact) mass is 243 g/mol. The van der Waals surface area contributed by atoms with E-state index in [0.29, 0.717) is 23.7 Å². The van der Waals surface area contributed by atoms with Crippen LogP contribution in [0, 0.1) is 0 Å². The molecule has 92 valence electrons. The topological polar surface area (TPSA) is 47.6 Å². The number of hydrogen-bond donors (Lipinski definition) is 1. The van der Waals surface area contributed by atoms with Gasteiger partial charge in [-0.05, 0) is 36.4 Å². The molecule has 0 aliphatic rings. The second-order valence-corrected chi connectivity index (χ2v) is 3.54. The van der Waals surface area contributed by atoms with E-state index < -0.39 is 0 Å². The summed E-state index contributed by atoms with van der Waals surface area (Å²) in [5.74, 6) is 2.00. The Balaban J connectivity index is 2.15. The Morgan fingerprint density at radius 2 is 1.67 bits per heavy atom. The van der Waals surface area contributed by atoms with E-state index in [4.69, 9.17) is 9.47 Å². The van der Waals surface area contributed by atoms with Gasteiger partial charge in [0.1, 0.15) is 5.75 Å². The number of para-hydroxylation sites is 2. The van der Waals surface area contributed by atoms with Gasteiger partial charge in [0.2, 0.25) is 6.41 Å². The van der Waals surface area contributed by atoms with Crippen LogP contribution < -0.4 is 14.8 Å². The second-order valence-electron chi connectivity index (χ2n) is 3.54. The minimum absolute atomic E-state index is 0.635. The summed E-state index contributed by atoms with van der Waals surface area (Å²) in [5, 5.41) is 2.56. The average molecular weight is 243 g/mol. The molecule has 0 heterocycles. The summed E-state index contributed by atoms with van der Waals surface area (Å²) in [7, 11) is 1.60. The van der Waals surface area contributed by atoms with E-state index in [9.17, 15) is 4.79 Å². The summed E-state index contributed by atoms with van der Waals surface area (Å²) in [5.41, 5.74) is 0.720. The molecule has 1 amide bonds. The van der Waals surface area contributed by atoms with Gasteiger partial charge in [0.25, 0.3) is 0 Å². The lowest BCUT2D eigenvalue weighted by molar-refractivity contribution is -0.105. The Labute approximate surface area is 105 Å². The van der Waals surface area contributed by atoms with Crippen LogP contribution >= 0.6 is 0 Å². The van der Waals surface area contributed by atoms with E-state index >= 15 is 0 Å².